The predicted molar refractivity (Wildman–Crippen MR) is 104 cm³/mol. The highest BCUT2D eigenvalue weighted by Crippen LogP contribution is 2.33. The number of rotatable bonds is 6. The first-order chi connectivity index (χ1) is 13.3. The van der Waals surface area contributed by atoms with Crippen LogP contribution in [-0.2, 0) is 14.8 Å². The summed E-state index contributed by atoms with van der Waals surface area (Å²) in [7, 11) is -3.74. The normalized spacial score (nSPS) is 19.5. The second-order valence-electron chi connectivity index (χ2n) is 7.10. The van der Waals surface area contributed by atoms with Crippen molar-refractivity contribution in [2.24, 2.45) is 5.73 Å². The van der Waals surface area contributed by atoms with Crippen LogP contribution in [0.15, 0.2) is 23.1 Å². The Morgan fingerprint density at radius 3 is 2.29 bits per heavy atom. The number of carbonyl (C=O) groups is 1. The number of sulfonamides is 1. The van der Waals surface area contributed by atoms with Crippen molar-refractivity contribution in [2.45, 2.75) is 24.2 Å². The molecule has 10 nitrogen and oxygen atoms in total. The van der Waals surface area contributed by atoms with Gasteiger partial charge in [0, 0.05) is 45.3 Å². The van der Waals surface area contributed by atoms with E-state index < -0.39 is 20.9 Å². The molecule has 2 N–H and O–H groups in total. The van der Waals surface area contributed by atoms with Crippen LogP contribution in [-0.4, -0.2) is 74.3 Å². The van der Waals surface area contributed by atoms with Crippen molar-refractivity contribution in [3.8, 4) is 0 Å². The van der Waals surface area contributed by atoms with E-state index in [1.54, 1.807) is 0 Å². The summed E-state index contributed by atoms with van der Waals surface area (Å²) in [5, 5.41) is 11.6. The van der Waals surface area contributed by atoms with Crippen molar-refractivity contribution >= 4 is 27.3 Å². The Hall–Kier alpha value is -2.24. The number of piperidine rings is 1. The van der Waals surface area contributed by atoms with Gasteiger partial charge < -0.3 is 10.6 Å². The molecule has 2 fully saturated rings. The second kappa shape index (κ2) is 8.41. The molecule has 0 spiro atoms. The molecule has 11 heteroatoms. The number of benzene rings is 1. The van der Waals surface area contributed by atoms with Crippen LogP contribution in [0.3, 0.4) is 0 Å². The number of amides is 1. The van der Waals surface area contributed by atoms with Gasteiger partial charge in [-0.15, -0.1) is 0 Å². The van der Waals surface area contributed by atoms with E-state index in [2.05, 4.69) is 0 Å². The fraction of sp³-hybridized carbons (Fsp3) is 0.588. The molecule has 2 saturated heterocycles. The lowest BCUT2D eigenvalue weighted by molar-refractivity contribution is -0.384. The number of hydrogen-bond acceptors (Lipinski definition) is 7. The van der Waals surface area contributed by atoms with Crippen molar-refractivity contribution in [2.75, 3.05) is 50.7 Å². The maximum Gasteiger partial charge on any atom is 0.293 e. The number of nitrogens with zero attached hydrogens (tertiary/aromatic N) is 4. The van der Waals surface area contributed by atoms with E-state index in [0.717, 1.165) is 25.3 Å². The monoisotopic (exact) mass is 411 g/mol. The lowest BCUT2D eigenvalue weighted by Crippen LogP contribution is -2.49. The zero-order valence-electron chi connectivity index (χ0n) is 15.6. The van der Waals surface area contributed by atoms with Gasteiger partial charge >= 0.3 is 0 Å². The molecule has 1 amide bonds. The number of hydrogen-bond donors (Lipinski definition) is 1. The van der Waals surface area contributed by atoms with Crippen LogP contribution in [0.2, 0.25) is 0 Å². The Labute approximate surface area is 164 Å². The van der Waals surface area contributed by atoms with Crippen LogP contribution < -0.4 is 10.6 Å². The average Bonchev–Trinajstić information content (AvgIpc) is 2.68. The zero-order valence-corrected chi connectivity index (χ0v) is 16.4. The molecule has 0 aromatic heterocycles. The summed E-state index contributed by atoms with van der Waals surface area (Å²) in [4.78, 5) is 25.8. The average molecular weight is 411 g/mol. The van der Waals surface area contributed by atoms with E-state index in [0.29, 0.717) is 45.0 Å². The topological polar surface area (TPSA) is 130 Å². The lowest BCUT2D eigenvalue weighted by Gasteiger charge is -2.35. The van der Waals surface area contributed by atoms with Crippen molar-refractivity contribution in [3.63, 3.8) is 0 Å². The maximum atomic E-state index is 12.8. The third kappa shape index (κ3) is 4.42. The molecule has 0 aliphatic carbocycles. The van der Waals surface area contributed by atoms with E-state index in [-0.39, 0.29) is 17.1 Å². The summed E-state index contributed by atoms with van der Waals surface area (Å²) in [5.41, 5.74) is 5.38. The molecule has 3 rings (SSSR count). The van der Waals surface area contributed by atoms with Gasteiger partial charge in [-0.1, -0.05) is 6.42 Å². The molecule has 0 atom stereocenters. The van der Waals surface area contributed by atoms with Crippen LogP contribution in [0.4, 0.5) is 11.4 Å². The first-order valence-electron chi connectivity index (χ1n) is 9.33. The number of primary amides is 1. The summed E-state index contributed by atoms with van der Waals surface area (Å²) in [6.45, 7) is 3.13. The third-order valence-electron chi connectivity index (χ3n) is 5.19. The van der Waals surface area contributed by atoms with Gasteiger partial charge in [-0.2, -0.15) is 4.31 Å². The van der Waals surface area contributed by atoms with Crippen molar-refractivity contribution < 1.29 is 18.1 Å². The molecular weight excluding hydrogens is 386 g/mol. The molecule has 0 radical (unpaired) electrons. The summed E-state index contributed by atoms with van der Waals surface area (Å²) >= 11 is 0. The van der Waals surface area contributed by atoms with Crippen LogP contribution in [0, 0.1) is 10.1 Å². The fourth-order valence-electron chi connectivity index (χ4n) is 3.70. The number of carbonyl (C=O) groups excluding carboxylic acids is 1. The summed E-state index contributed by atoms with van der Waals surface area (Å²) in [6.07, 6.45) is 2.59. The smallest absolute Gasteiger partial charge is 0.293 e. The molecule has 2 aliphatic heterocycles. The molecule has 0 unspecified atom stereocenters. The number of anilines is 1. The molecule has 154 valence electrons. The highest BCUT2D eigenvalue weighted by molar-refractivity contribution is 7.89. The minimum absolute atomic E-state index is 0.0442. The maximum absolute atomic E-state index is 12.8. The number of nitro groups is 1. The minimum atomic E-state index is -3.74. The standard InChI is InChI=1S/C17H25N5O5S/c18-17(23)13-19-8-10-20(11-9-19)15-5-4-14(12-16(15)22(24)25)28(26,27)21-6-2-1-3-7-21/h4-5,12H,1-3,6-11,13H2,(H2,18,23). The lowest BCUT2D eigenvalue weighted by atomic mass is 10.2. The number of nitro benzene ring substituents is 1. The number of nitrogens with two attached hydrogens (primary N) is 1. The van der Waals surface area contributed by atoms with E-state index in [1.807, 2.05) is 9.80 Å². The molecule has 1 aromatic rings. The van der Waals surface area contributed by atoms with Crippen molar-refractivity contribution in [3.05, 3.63) is 28.3 Å². The van der Waals surface area contributed by atoms with Gasteiger partial charge in [0.2, 0.25) is 15.9 Å². The largest absolute Gasteiger partial charge is 0.369 e. The second-order valence-corrected chi connectivity index (χ2v) is 9.04. The first-order valence-corrected chi connectivity index (χ1v) is 10.8. The molecule has 1 aromatic carbocycles. The van der Waals surface area contributed by atoms with Crippen LogP contribution in [0.1, 0.15) is 19.3 Å². The fourth-order valence-corrected chi connectivity index (χ4v) is 5.24. The highest BCUT2D eigenvalue weighted by atomic mass is 32.2. The third-order valence-corrected chi connectivity index (χ3v) is 7.08. The Balaban J connectivity index is 1.82. The van der Waals surface area contributed by atoms with Gasteiger partial charge in [-0.05, 0) is 25.0 Å². The summed E-state index contributed by atoms with van der Waals surface area (Å²) in [5.74, 6) is -0.410. The summed E-state index contributed by atoms with van der Waals surface area (Å²) in [6, 6.07) is 4.12. The van der Waals surface area contributed by atoms with E-state index in [9.17, 15) is 23.3 Å². The Bertz CT molecular complexity index is 845. The van der Waals surface area contributed by atoms with Gasteiger partial charge in [-0.25, -0.2) is 8.42 Å². The predicted octanol–water partition coefficient (Wildman–Crippen LogP) is 0.377. The van der Waals surface area contributed by atoms with Gasteiger partial charge in [0.05, 0.1) is 16.4 Å². The Kier molecular flexibility index (Phi) is 6.16. The minimum Gasteiger partial charge on any atom is -0.369 e. The highest BCUT2D eigenvalue weighted by Gasteiger charge is 2.30. The first kappa shape index (κ1) is 20.5. The van der Waals surface area contributed by atoms with Crippen LogP contribution in [0.5, 0.6) is 0 Å². The SMILES string of the molecule is NC(=O)CN1CCN(c2ccc(S(=O)(=O)N3CCCCC3)cc2[N+](=O)[O-])CC1. The molecular formula is C17H25N5O5S. The van der Waals surface area contributed by atoms with Gasteiger partial charge in [0.15, 0.2) is 0 Å². The van der Waals surface area contributed by atoms with Crippen molar-refractivity contribution in [1.29, 1.82) is 0 Å². The molecule has 2 heterocycles. The Morgan fingerprint density at radius 1 is 1.07 bits per heavy atom. The Morgan fingerprint density at radius 2 is 1.71 bits per heavy atom. The molecule has 28 heavy (non-hydrogen) atoms. The van der Waals surface area contributed by atoms with E-state index in [1.165, 1.54) is 16.4 Å². The van der Waals surface area contributed by atoms with Gasteiger partial charge in [0.25, 0.3) is 5.69 Å². The van der Waals surface area contributed by atoms with E-state index in [4.69, 9.17) is 5.73 Å². The molecule has 0 bridgehead atoms. The number of piperazine rings is 1. The molecule has 2 aliphatic rings. The van der Waals surface area contributed by atoms with Crippen LogP contribution in [0.25, 0.3) is 0 Å². The molecule has 0 saturated carbocycles. The zero-order chi connectivity index (χ0) is 20.3. The van der Waals surface area contributed by atoms with E-state index >= 15 is 0 Å². The van der Waals surface area contributed by atoms with Crippen LogP contribution >= 0.6 is 0 Å². The van der Waals surface area contributed by atoms with Gasteiger partial charge in [-0.3, -0.25) is 19.8 Å². The quantitative estimate of drug-likeness (QED) is 0.529. The van der Waals surface area contributed by atoms with Crippen molar-refractivity contribution in [1.82, 2.24) is 9.21 Å². The van der Waals surface area contributed by atoms with Gasteiger partial charge in [0.1, 0.15) is 5.69 Å². The summed E-state index contributed by atoms with van der Waals surface area (Å²) < 4.78 is 27.1.